The summed E-state index contributed by atoms with van der Waals surface area (Å²) in [5.41, 5.74) is 11.4. The normalized spacial score (nSPS) is 13.6. The van der Waals surface area contributed by atoms with E-state index < -0.39 is 0 Å². The molecule has 1 aromatic heterocycles. The summed E-state index contributed by atoms with van der Waals surface area (Å²) in [7, 11) is 0. The van der Waals surface area contributed by atoms with Gasteiger partial charge in [-0.1, -0.05) is 123 Å². The maximum atomic E-state index is 5.03. The van der Waals surface area contributed by atoms with Crippen molar-refractivity contribution in [3.05, 3.63) is 139 Å². The van der Waals surface area contributed by atoms with Crippen LogP contribution in [-0.4, -0.2) is 4.98 Å². The third-order valence-corrected chi connectivity index (χ3v) is 8.71. The summed E-state index contributed by atoms with van der Waals surface area (Å²) in [6, 6.07) is 44.3. The quantitative estimate of drug-likeness (QED) is 0.217. The highest BCUT2D eigenvalue weighted by Crippen LogP contribution is 2.51. The summed E-state index contributed by atoms with van der Waals surface area (Å²) in [5, 5.41) is 6.17. The summed E-state index contributed by atoms with van der Waals surface area (Å²) in [6.45, 7) is 4.68. The number of aromatic nitrogens is 1. The third kappa shape index (κ3) is 3.11. The van der Waals surface area contributed by atoms with Crippen molar-refractivity contribution >= 4 is 32.4 Å². The molecule has 0 saturated carbocycles. The van der Waals surface area contributed by atoms with Crippen molar-refractivity contribution in [2.24, 2.45) is 0 Å². The Hall–Kier alpha value is -4.75. The number of hydrogen-bond donors (Lipinski definition) is 0. The van der Waals surface area contributed by atoms with E-state index >= 15 is 0 Å². The number of hydrogen-bond acceptors (Lipinski definition) is 1. The second-order valence-corrected chi connectivity index (χ2v) is 11.2. The first-order chi connectivity index (χ1) is 19.1. The highest BCUT2D eigenvalue weighted by atomic mass is 14.7. The number of benzene rings is 6. The largest absolute Gasteiger partial charge is 0.256 e. The van der Waals surface area contributed by atoms with Crippen molar-refractivity contribution in [3.8, 4) is 33.4 Å². The van der Waals surface area contributed by atoms with Gasteiger partial charge >= 0.3 is 0 Å². The van der Waals surface area contributed by atoms with E-state index in [1.165, 1.54) is 71.4 Å². The van der Waals surface area contributed by atoms with Crippen LogP contribution < -0.4 is 0 Å². The zero-order valence-corrected chi connectivity index (χ0v) is 22.1. The molecular weight excluding hydrogens is 470 g/mol. The summed E-state index contributed by atoms with van der Waals surface area (Å²) < 4.78 is 0. The molecule has 39 heavy (non-hydrogen) atoms. The molecule has 8 rings (SSSR count). The molecule has 0 N–H and O–H groups in total. The van der Waals surface area contributed by atoms with E-state index in [2.05, 4.69) is 135 Å². The van der Waals surface area contributed by atoms with Gasteiger partial charge in [-0.25, -0.2) is 0 Å². The predicted molar refractivity (Wildman–Crippen MR) is 165 cm³/mol. The van der Waals surface area contributed by atoms with Crippen molar-refractivity contribution in [2.45, 2.75) is 19.3 Å². The Morgan fingerprint density at radius 1 is 0.487 bits per heavy atom. The van der Waals surface area contributed by atoms with E-state index in [0.29, 0.717) is 0 Å². The van der Waals surface area contributed by atoms with Crippen LogP contribution in [0.2, 0.25) is 0 Å². The van der Waals surface area contributed by atoms with Gasteiger partial charge in [0.15, 0.2) is 0 Å². The SMILES string of the molecule is CC1(C)c2ccccc2-c2cc(-c3c4ccccc4c(-c4cccc5ccccc45)c4ncccc34)ccc21. The van der Waals surface area contributed by atoms with Crippen LogP contribution in [0, 0.1) is 0 Å². The number of pyridine rings is 1. The minimum atomic E-state index is -0.00558. The molecular formula is C38H27N. The highest BCUT2D eigenvalue weighted by molar-refractivity contribution is 6.22. The van der Waals surface area contributed by atoms with Crippen molar-refractivity contribution in [2.75, 3.05) is 0 Å². The Labute approximate surface area is 228 Å². The number of fused-ring (bicyclic) bond motifs is 6. The van der Waals surface area contributed by atoms with Gasteiger partial charge in [-0.3, -0.25) is 4.98 Å². The lowest BCUT2D eigenvalue weighted by Crippen LogP contribution is -2.14. The molecule has 0 saturated heterocycles. The second-order valence-electron chi connectivity index (χ2n) is 11.2. The van der Waals surface area contributed by atoms with Gasteiger partial charge in [0.25, 0.3) is 0 Å². The van der Waals surface area contributed by atoms with Crippen LogP contribution >= 0.6 is 0 Å². The van der Waals surface area contributed by atoms with Gasteiger partial charge < -0.3 is 0 Å². The smallest absolute Gasteiger partial charge is 0.0793 e. The maximum Gasteiger partial charge on any atom is 0.0793 e. The van der Waals surface area contributed by atoms with Crippen LogP contribution in [0.1, 0.15) is 25.0 Å². The van der Waals surface area contributed by atoms with Crippen LogP contribution in [0.4, 0.5) is 0 Å². The van der Waals surface area contributed by atoms with Crippen LogP contribution in [0.25, 0.3) is 65.8 Å². The van der Waals surface area contributed by atoms with Crippen LogP contribution in [0.5, 0.6) is 0 Å². The third-order valence-electron chi connectivity index (χ3n) is 8.71. The number of rotatable bonds is 2. The highest BCUT2D eigenvalue weighted by Gasteiger charge is 2.35. The molecule has 0 spiro atoms. The Balaban J connectivity index is 1.48. The van der Waals surface area contributed by atoms with E-state index in [-0.39, 0.29) is 5.41 Å². The Bertz CT molecular complexity index is 2040. The fraction of sp³-hybridized carbons (Fsp3) is 0.0789. The lowest BCUT2D eigenvalue weighted by atomic mass is 9.81. The predicted octanol–water partition coefficient (Wildman–Crippen LogP) is 10.2. The summed E-state index contributed by atoms with van der Waals surface area (Å²) in [5.74, 6) is 0. The molecule has 1 heterocycles. The first kappa shape index (κ1) is 22.3. The van der Waals surface area contributed by atoms with Crippen molar-refractivity contribution < 1.29 is 0 Å². The van der Waals surface area contributed by atoms with Gasteiger partial charge in [0, 0.05) is 22.6 Å². The topological polar surface area (TPSA) is 12.9 Å². The van der Waals surface area contributed by atoms with Gasteiger partial charge in [-0.2, -0.15) is 0 Å². The molecule has 184 valence electrons. The van der Waals surface area contributed by atoms with E-state index in [9.17, 15) is 0 Å². The molecule has 1 aliphatic carbocycles. The van der Waals surface area contributed by atoms with E-state index in [4.69, 9.17) is 4.98 Å². The molecule has 0 amide bonds. The van der Waals surface area contributed by atoms with Crippen molar-refractivity contribution in [1.82, 2.24) is 4.98 Å². The average Bonchev–Trinajstić information content (AvgIpc) is 3.21. The van der Waals surface area contributed by atoms with Gasteiger partial charge in [0.2, 0.25) is 0 Å². The zero-order chi connectivity index (χ0) is 26.1. The Morgan fingerprint density at radius 2 is 1.13 bits per heavy atom. The van der Waals surface area contributed by atoms with E-state index in [1.807, 2.05) is 6.20 Å². The molecule has 0 aliphatic heterocycles. The average molecular weight is 498 g/mol. The molecule has 0 fully saturated rings. The monoisotopic (exact) mass is 497 g/mol. The van der Waals surface area contributed by atoms with Gasteiger partial charge in [0.05, 0.1) is 5.52 Å². The molecule has 0 bridgehead atoms. The molecule has 1 aliphatic rings. The first-order valence-corrected chi connectivity index (χ1v) is 13.7. The maximum absolute atomic E-state index is 5.03. The molecule has 0 unspecified atom stereocenters. The lowest BCUT2D eigenvalue weighted by Gasteiger charge is -2.22. The van der Waals surface area contributed by atoms with E-state index in [0.717, 1.165) is 5.52 Å². The Morgan fingerprint density at radius 3 is 2.00 bits per heavy atom. The lowest BCUT2D eigenvalue weighted by molar-refractivity contribution is 0.660. The van der Waals surface area contributed by atoms with Crippen LogP contribution in [0.15, 0.2) is 128 Å². The molecule has 6 aromatic carbocycles. The second kappa shape index (κ2) is 8.12. The van der Waals surface area contributed by atoms with Crippen LogP contribution in [0.3, 0.4) is 0 Å². The van der Waals surface area contributed by atoms with Gasteiger partial charge in [0.1, 0.15) is 0 Å². The molecule has 1 heteroatoms. The minimum absolute atomic E-state index is 0.00558. The van der Waals surface area contributed by atoms with E-state index in [1.54, 1.807) is 0 Å². The summed E-state index contributed by atoms with van der Waals surface area (Å²) in [4.78, 5) is 5.03. The van der Waals surface area contributed by atoms with Crippen molar-refractivity contribution in [1.29, 1.82) is 0 Å². The van der Waals surface area contributed by atoms with Crippen LogP contribution in [-0.2, 0) is 5.41 Å². The standard InChI is InChI=1S/C38H27N/c1-38(2)33-19-8-7-14-27(33)32-23-25(20-21-34(32)38)35-29-15-5-6-16-30(29)36(37-31(35)18-10-22-39-37)28-17-9-12-24-11-3-4-13-26(24)28/h3-23H,1-2H3. The van der Waals surface area contributed by atoms with Gasteiger partial charge in [-0.15, -0.1) is 0 Å². The Kier molecular flexibility index (Phi) is 4.63. The molecule has 7 aromatic rings. The fourth-order valence-electron chi connectivity index (χ4n) is 6.90. The summed E-state index contributed by atoms with van der Waals surface area (Å²) >= 11 is 0. The van der Waals surface area contributed by atoms with Gasteiger partial charge in [-0.05, 0) is 72.6 Å². The van der Waals surface area contributed by atoms with Crippen molar-refractivity contribution in [3.63, 3.8) is 0 Å². The number of nitrogens with zero attached hydrogens (tertiary/aromatic N) is 1. The molecule has 1 nitrogen and oxygen atoms in total. The summed E-state index contributed by atoms with van der Waals surface area (Å²) in [6.07, 6.45) is 1.93. The molecule has 0 atom stereocenters. The molecule has 0 radical (unpaired) electrons. The fourth-order valence-corrected chi connectivity index (χ4v) is 6.90. The first-order valence-electron chi connectivity index (χ1n) is 13.7. The minimum Gasteiger partial charge on any atom is -0.256 e. The zero-order valence-electron chi connectivity index (χ0n) is 22.1.